The Morgan fingerprint density at radius 3 is 2.48 bits per heavy atom. The minimum Gasteiger partial charge on any atom is -0.480 e. The zero-order valence-corrected chi connectivity index (χ0v) is 15.4. The highest BCUT2D eigenvalue weighted by Gasteiger charge is 2.23. The molecule has 144 valence electrons. The summed E-state index contributed by atoms with van der Waals surface area (Å²) in [5, 5.41) is 12.7. The average Bonchev–Trinajstić information content (AvgIpc) is 3.00. The van der Waals surface area contributed by atoms with Gasteiger partial charge in [-0.1, -0.05) is 18.2 Å². The van der Waals surface area contributed by atoms with Gasteiger partial charge in [0.2, 0.25) is 11.8 Å². The number of benzene rings is 1. The molecule has 0 fully saturated rings. The first-order chi connectivity index (χ1) is 12.7. The lowest BCUT2D eigenvalue weighted by Crippen LogP contribution is -2.43. The van der Waals surface area contributed by atoms with Crippen LogP contribution in [0.15, 0.2) is 40.6 Å². The summed E-state index contributed by atoms with van der Waals surface area (Å²) in [6, 6.07) is 6.25. The molecule has 1 atom stereocenters. The van der Waals surface area contributed by atoms with Crippen molar-refractivity contribution in [3.8, 4) is 0 Å². The zero-order chi connectivity index (χ0) is 20.0. The van der Waals surface area contributed by atoms with E-state index in [1.807, 2.05) is 0 Å². The van der Waals surface area contributed by atoms with Gasteiger partial charge in [-0.15, -0.1) is 11.3 Å². The molecule has 0 spiro atoms. The summed E-state index contributed by atoms with van der Waals surface area (Å²) in [5.74, 6) is -2.95. The number of anilines is 1. The molecule has 2 aromatic rings. The van der Waals surface area contributed by atoms with Gasteiger partial charge in [-0.05, 0) is 12.1 Å². The molecular formula is C15H16N4O6S2. The number of thiazole rings is 1. The molecule has 0 aliphatic heterocycles. The maximum atomic E-state index is 12.2. The number of carbonyl (C=O) groups is 3. The van der Waals surface area contributed by atoms with Gasteiger partial charge in [0.1, 0.15) is 6.04 Å². The number of hydrogen-bond donors (Lipinski definition) is 4. The van der Waals surface area contributed by atoms with Crippen LogP contribution in [0.2, 0.25) is 0 Å². The SMILES string of the molecule is NC(=O)CC(NC(=O)Cc1csc(NS(=O)(=O)c2ccccc2)n1)C(=O)O. The smallest absolute Gasteiger partial charge is 0.326 e. The van der Waals surface area contributed by atoms with Crippen molar-refractivity contribution in [1.29, 1.82) is 0 Å². The van der Waals surface area contributed by atoms with Gasteiger partial charge in [0.05, 0.1) is 23.4 Å². The zero-order valence-electron chi connectivity index (χ0n) is 13.8. The van der Waals surface area contributed by atoms with Crippen LogP contribution in [0.25, 0.3) is 0 Å². The predicted octanol–water partition coefficient (Wildman–Crippen LogP) is -0.0688. The minimum absolute atomic E-state index is 0.0635. The maximum absolute atomic E-state index is 12.2. The van der Waals surface area contributed by atoms with Gasteiger partial charge < -0.3 is 16.2 Å². The summed E-state index contributed by atoms with van der Waals surface area (Å²) in [4.78, 5) is 37.8. The third-order valence-electron chi connectivity index (χ3n) is 3.21. The lowest BCUT2D eigenvalue weighted by Gasteiger charge is -2.12. The molecule has 0 radical (unpaired) electrons. The molecule has 2 rings (SSSR count). The van der Waals surface area contributed by atoms with Gasteiger partial charge >= 0.3 is 5.97 Å². The number of sulfonamides is 1. The van der Waals surface area contributed by atoms with Gasteiger partial charge in [0.15, 0.2) is 5.13 Å². The van der Waals surface area contributed by atoms with E-state index in [0.717, 1.165) is 11.3 Å². The third-order valence-corrected chi connectivity index (χ3v) is 5.50. The van der Waals surface area contributed by atoms with E-state index in [4.69, 9.17) is 10.8 Å². The summed E-state index contributed by atoms with van der Waals surface area (Å²) < 4.78 is 26.8. The predicted molar refractivity (Wildman–Crippen MR) is 96.4 cm³/mol. The lowest BCUT2D eigenvalue weighted by atomic mass is 10.2. The highest BCUT2D eigenvalue weighted by molar-refractivity contribution is 7.93. The monoisotopic (exact) mass is 412 g/mol. The van der Waals surface area contributed by atoms with Crippen LogP contribution in [0.1, 0.15) is 12.1 Å². The van der Waals surface area contributed by atoms with E-state index in [-0.39, 0.29) is 22.1 Å². The Morgan fingerprint density at radius 1 is 1.22 bits per heavy atom. The molecule has 0 saturated carbocycles. The normalized spacial score (nSPS) is 12.1. The molecule has 1 heterocycles. The molecule has 0 saturated heterocycles. The van der Waals surface area contributed by atoms with E-state index < -0.39 is 40.3 Å². The van der Waals surface area contributed by atoms with Gasteiger partial charge in [-0.25, -0.2) is 18.2 Å². The molecular weight excluding hydrogens is 396 g/mol. The second-order valence-corrected chi connectivity index (χ2v) is 7.91. The number of carboxylic acids is 1. The van der Waals surface area contributed by atoms with E-state index in [1.54, 1.807) is 18.2 Å². The quantitative estimate of drug-likeness (QED) is 0.447. The van der Waals surface area contributed by atoms with Crippen molar-refractivity contribution < 1.29 is 27.9 Å². The van der Waals surface area contributed by atoms with Crippen LogP contribution < -0.4 is 15.8 Å². The highest BCUT2D eigenvalue weighted by atomic mass is 32.2. The van der Waals surface area contributed by atoms with Crippen molar-refractivity contribution in [2.24, 2.45) is 5.73 Å². The highest BCUT2D eigenvalue weighted by Crippen LogP contribution is 2.20. The Bertz CT molecular complexity index is 942. The molecule has 1 aromatic heterocycles. The number of nitrogens with two attached hydrogens (primary N) is 1. The number of nitrogens with zero attached hydrogens (tertiary/aromatic N) is 1. The average molecular weight is 412 g/mol. The van der Waals surface area contributed by atoms with Crippen molar-refractivity contribution in [1.82, 2.24) is 10.3 Å². The molecule has 1 aromatic carbocycles. The number of carboxylic acid groups (broad SMARTS) is 1. The van der Waals surface area contributed by atoms with E-state index >= 15 is 0 Å². The van der Waals surface area contributed by atoms with Gasteiger partial charge in [0, 0.05) is 5.38 Å². The van der Waals surface area contributed by atoms with Crippen LogP contribution in [0.3, 0.4) is 0 Å². The van der Waals surface area contributed by atoms with Crippen molar-refractivity contribution in [3.63, 3.8) is 0 Å². The van der Waals surface area contributed by atoms with Gasteiger partial charge in [0.25, 0.3) is 10.0 Å². The second-order valence-electron chi connectivity index (χ2n) is 5.37. The maximum Gasteiger partial charge on any atom is 0.326 e. The number of rotatable bonds is 9. The first-order valence-electron chi connectivity index (χ1n) is 7.50. The van der Waals surface area contributed by atoms with Gasteiger partial charge in [-0.2, -0.15) is 0 Å². The van der Waals surface area contributed by atoms with E-state index in [2.05, 4.69) is 15.0 Å². The fraction of sp³-hybridized carbons (Fsp3) is 0.200. The molecule has 0 aliphatic carbocycles. The topological polar surface area (TPSA) is 169 Å². The molecule has 2 amide bonds. The standard InChI is InChI=1S/C15H16N4O6S2/c16-12(20)7-11(14(22)23)18-13(21)6-9-8-26-15(17-9)19-27(24,25)10-4-2-1-3-5-10/h1-5,8,11H,6-7H2,(H2,16,20)(H,17,19)(H,18,21)(H,22,23). The first-order valence-corrected chi connectivity index (χ1v) is 9.86. The van der Waals surface area contributed by atoms with Crippen molar-refractivity contribution in [2.45, 2.75) is 23.8 Å². The lowest BCUT2D eigenvalue weighted by molar-refractivity contribution is -0.143. The van der Waals surface area contributed by atoms with Crippen molar-refractivity contribution in [2.75, 3.05) is 4.72 Å². The van der Waals surface area contributed by atoms with Crippen LogP contribution in [-0.4, -0.2) is 42.3 Å². The molecule has 10 nitrogen and oxygen atoms in total. The number of primary amides is 1. The third kappa shape index (κ3) is 6.04. The Morgan fingerprint density at radius 2 is 1.89 bits per heavy atom. The number of hydrogen-bond acceptors (Lipinski definition) is 7. The Hall–Kier alpha value is -2.99. The Labute approximate surface area is 158 Å². The van der Waals surface area contributed by atoms with Crippen LogP contribution in [0, 0.1) is 0 Å². The van der Waals surface area contributed by atoms with E-state index in [9.17, 15) is 22.8 Å². The van der Waals surface area contributed by atoms with Crippen LogP contribution >= 0.6 is 11.3 Å². The summed E-state index contributed by atoms with van der Waals surface area (Å²) in [6.45, 7) is 0. The largest absolute Gasteiger partial charge is 0.480 e. The van der Waals surface area contributed by atoms with Gasteiger partial charge in [-0.3, -0.25) is 14.3 Å². The summed E-state index contributed by atoms with van der Waals surface area (Å²) in [5.41, 5.74) is 5.18. The van der Waals surface area contributed by atoms with Crippen LogP contribution in [0.5, 0.6) is 0 Å². The number of nitrogens with one attached hydrogen (secondary N) is 2. The fourth-order valence-corrected chi connectivity index (χ4v) is 4.00. The number of aliphatic carboxylic acids is 1. The van der Waals surface area contributed by atoms with Crippen molar-refractivity contribution in [3.05, 3.63) is 41.4 Å². The van der Waals surface area contributed by atoms with Crippen LogP contribution in [0.4, 0.5) is 5.13 Å². The summed E-state index contributed by atoms with van der Waals surface area (Å²) >= 11 is 0.977. The van der Waals surface area contributed by atoms with E-state index in [1.165, 1.54) is 17.5 Å². The number of aromatic nitrogens is 1. The molecule has 12 heteroatoms. The van der Waals surface area contributed by atoms with Crippen molar-refractivity contribution >= 4 is 44.3 Å². The Balaban J connectivity index is 2.00. The molecule has 0 bridgehead atoms. The molecule has 0 aliphatic rings. The molecule has 1 unspecified atom stereocenters. The van der Waals surface area contributed by atoms with E-state index in [0.29, 0.717) is 0 Å². The second kappa shape index (κ2) is 8.60. The number of amides is 2. The summed E-state index contributed by atoms with van der Waals surface area (Å²) in [7, 11) is -3.80. The van der Waals surface area contributed by atoms with Crippen LogP contribution in [-0.2, 0) is 30.8 Å². The number of carbonyl (C=O) groups excluding carboxylic acids is 2. The summed E-state index contributed by atoms with van der Waals surface area (Å²) in [6.07, 6.45) is -0.827. The minimum atomic E-state index is -3.80. The first kappa shape index (κ1) is 20.3. The molecule has 5 N–H and O–H groups in total. The Kier molecular flexibility index (Phi) is 6.47. The molecule has 27 heavy (non-hydrogen) atoms. The fourth-order valence-electron chi connectivity index (χ4n) is 2.02.